The van der Waals surface area contributed by atoms with Gasteiger partial charge in [0.25, 0.3) is 10.2 Å². The van der Waals surface area contributed by atoms with Crippen molar-refractivity contribution in [3.63, 3.8) is 0 Å². The third-order valence-corrected chi connectivity index (χ3v) is 6.47. The molecule has 0 aromatic rings. The summed E-state index contributed by atoms with van der Waals surface area (Å²) in [6, 6.07) is 0.192. The molecule has 2 saturated heterocycles. The lowest BCUT2D eigenvalue weighted by atomic mass is 9.94. The Labute approximate surface area is 118 Å². The fraction of sp³-hybridized carbons (Fsp3) is 1.00. The van der Waals surface area contributed by atoms with Gasteiger partial charge in [-0.1, -0.05) is 27.7 Å². The van der Waals surface area contributed by atoms with Gasteiger partial charge in [0.2, 0.25) is 0 Å². The first-order valence-corrected chi connectivity index (χ1v) is 8.99. The summed E-state index contributed by atoms with van der Waals surface area (Å²) >= 11 is 0. The molecule has 0 aliphatic carbocycles. The van der Waals surface area contributed by atoms with E-state index in [9.17, 15) is 8.42 Å². The van der Waals surface area contributed by atoms with Gasteiger partial charge in [0.1, 0.15) is 0 Å². The van der Waals surface area contributed by atoms with Gasteiger partial charge in [0.15, 0.2) is 0 Å². The van der Waals surface area contributed by atoms with Crippen LogP contribution in [0.15, 0.2) is 0 Å². The van der Waals surface area contributed by atoms with Crippen molar-refractivity contribution in [2.24, 2.45) is 17.8 Å². The van der Waals surface area contributed by atoms with E-state index in [4.69, 9.17) is 0 Å². The third kappa shape index (κ3) is 3.14. The normalized spacial score (nSPS) is 35.1. The van der Waals surface area contributed by atoms with E-state index in [1.54, 1.807) is 8.61 Å². The first-order valence-electron chi connectivity index (χ1n) is 7.59. The van der Waals surface area contributed by atoms with Gasteiger partial charge < -0.3 is 0 Å². The zero-order chi connectivity index (χ0) is 14.2. The summed E-state index contributed by atoms with van der Waals surface area (Å²) in [5.41, 5.74) is 0. The Balaban J connectivity index is 2.17. The van der Waals surface area contributed by atoms with Crippen LogP contribution in [0.1, 0.15) is 47.0 Å². The van der Waals surface area contributed by atoms with Crippen LogP contribution in [0.25, 0.3) is 0 Å². The standard InChI is InChI=1S/C14H28N2O2S/c1-11(2)14-6-5-7-16(14)19(17,18)15-9-12(3)8-13(4)10-15/h11-14H,5-10H2,1-4H3/t12-,13+,14-/m1/s1. The Morgan fingerprint density at radius 1 is 1.11 bits per heavy atom. The van der Waals surface area contributed by atoms with Crippen LogP contribution in [0.2, 0.25) is 0 Å². The molecule has 0 radical (unpaired) electrons. The maximum Gasteiger partial charge on any atom is 0.282 e. The predicted molar refractivity (Wildman–Crippen MR) is 78.0 cm³/mol. The summed E-state index contributed by atoms with van der Waals surface area (Å²) in [4.78, 5) is 0. The fourth-order valence-electron chi connectivity index (χ4n) is 3.66. The Morgan fingerprint density at radius 2 is 1.68 bits per heavy atom. The fourth-order valence-corrected chi connectivity index (χ4v) is 5.89. The van der Waals surface area contributed by atoms with Crippen molar-refractivity contribution in [3.8, 4) is 0 Å². The van der Waals surface area contributed by atoms with Crippen LogP contribution in [-0.4, -0.2) is 42.7 Å². The van der Waals surface area contributed by atoms with Gasteiger partial charge in [0.05, 0.1) is 0 Å². The second kappa shape index (κ2) is 5.70. The van der Waals surface area contributed by atoms with E-state index in [-0.39, 0.29) is 6.04 Å². The third-order valence-electron chi connectivity index (χ3n) is 4.48. The average molecular weight is 288 g/mol. The molecule has 19 heavy (non-hydrogen) atoms. The molecule has 3 atom stereocenters. The van der Waals surface area contributed by atoms with Gasteiger partial charge in [-0.2, -0.15) is 17.0 Å². The molecule has 4 nitrogen and oxygen atoms in total. The van der Waals surface area contributed by atoms with Gasteiger partial charge in [0, 0.05) is 25.7 Å². The molecule has 0 spiro atoms. The molecule has 0 unspecified atom stereocenters. The average Bonchev–Trinajstić information content (AvgIpc) is 2.76. The predicted octanol–water partition coefficient (Wildman–Crippen LogP) is 2.33. The molecule has 0 bridgehead atoms. The molecular formula is C14H28N2O2S. The van der Waals surface area contributed by atoms with Crippen LogP contribution in [-0.2, 0) is 10.2 Å². The van der Waals surface area contributed by atoms with E-state index >= 15 is 0 Å². The van der Waals surface area contributed by atoms with Gasteiger partial charge in [-0.15, -0.1) is 0 Å². The second-order valence-electron chi connectivity index (χ2n) is 6.84. The molecule has 0 N–H and O–H groups in total. The van der Waals surface area contributed by atoms with E-state index < -0.39 is 10.2 Å². The van der Waals surface area contributed by atoms with Gasteiger partial charge in [-0.3, -0.25) is 0 Å². The molecule has 0 amide bonds. The monoisotopic (exact) mass is 288 g/mol. The Kier molecular flexibility index (Phi) is 4.58. The number of piperidine rings is 1. The van der Waals surface area contributed by atoms with Crippen LogP contribution < -0.4 is 0 Å². The zero-order valence-corrected chi connectivity index (χ0v) is 13.5. The lowest BCUT2D eigenvalue weighted by molar-refractivity contribution is 0.201. The molecule has 2 aliphatic heterocycles. The summed E-state index contributed by atoms with van der Waals surface area (Å²) in [5, 5.41) is 0. The highest BCUT2D eigenvalue weighted by atomic mass is 32.2. The van der Waals surface area contributed by atoms with Crippen molar-refractivity contribution >= 4 is 10.2 Å². The molecule has 5 heteroatoms. The van der Waals surface area contributed by atoms with Crippen molar-refractivity contribution in [2.75, 3.05) is 19.6 Å². The van der Waals surface area contributed by atoms with Crippen molar-refractivity contribution in [1.82, 2.24) is 8.61 Å². The molecule has 2 fully saturated rings. The van der Waals surface area contributed by atoms with Crippen molar-refractivity contribution < 1.29 is 8.42 Å². The van der Waals surface area contributed by atoms with Crippen LogP contribution in [0.5, 0.6) is 0 Å². The SMILES string of the molecule is CC(C)[C@H]1CCCN1S(=O)(=O)N1C[C@H](C)C[C@H](C)C1. The molecule has 0 saturated carbocycles. The second-order valence-corrected chi connectivity index (χ2v) is 8.72. The minimum atomic E-state index is -3.26. The highest BCUT2D eigenvalue weighted by Gasteiger charge is 2.41. The molecule has 112 valence electrons. The minimum absolute atomic E-state index is 0.192. The Bertz CT molecular complexity index is 398. The largest absolute Gasteiger partial charge is 0.282 e. The number of hydrogen-bond acceptors (Lipinski definition) is 2. The smallest absolute Gasteiger partial charge is 0.195 e. The Hall–Kier alpha value is -0.130. The summed E-state index contributed by atoms with van der Waals surface area (Å²) in [6.07, 6.45) is 3.15. The highest BCUT2D eigenvalue weighted by Crippen LogP contribution is 2.31. The number of rotatable bonds is 3. The highest BCUT2D eigenvalue weighted by molar-refractivity contribution is 7.86. The lowest BCUT2D eigenvalue weighted by Crippen LogP contribution is -2.51. The van der Waals surface area contributed by atoms with Crippen LogP contribution in [0.3, 0.4) is 0 Å². The molecule has 2 heterocycles. The number of hydrogen-bond donors (Lipinski definition) is 0. The van der Waals surface area contributed by atoms with Crippen molar-refractivity contribution in [3.05, 3.63) is 0 Å². The molecule has 2 rings (SSSR count). The Morgan fingerprint density at radius 3 is 2.21 bits per heavy atom. The zero-order valence-electron chi connectivity index (χ0n) is 12.7. The van der Waals surface area contributed by atoms with E-state index in [1.165, 1.54) is 0 Å². The molecular weight excluding hydrogens is 260 g/mol. The summed E-state index contributed by atoms with van der Waals surface area (Å²) < 4.78 is 29.2. The van der Waals surface area contributed by atoms with E-state index in [1.807, 2.05) is 0 Å². The number of nitrogens with zero attached hydrogens (tertiary/aromatic N) is 2. The summed E-state index contributed by atoms with van der Waals surface area (Å²) in [7, 11) is -3.26. The molecule has 2 aliphatic rings. The topological polar surface area (TPSA) is 40.6 Å². The first kappa shape index (κ1) is 15.3. The van der Waals surface area contributed by atoms with Crippen molar-refractivity contribution in [2.45, 2.75) is 53.0 Å². The van der Waals surface area contributed by atoms with Gasteiger partial charge >= 0.3 is 0 Å². The summed E-state index contributed by atoms with van der Waals surface area (Å²) in [6.45, 7) is 10.6. The van der Waals surface area contributed by atoms with Crippen LogP contribution in [0.4, 0.5) is 0 Å². The van der Waals surface area contributed by atoms with E-state index in [0.717, 1.165) is 19.3 Å². The van der Waals surface area contributed by atoms with E-state index in [0.29, 0.717) is 37.4 Å². The van der Waals surface area contributed by atoms with Crippen LogP contribution >= 0.6 is 0 Å². The minimum Gasteiger partial charge on any atom is -0.195 e. The maximum atomic E-state index is 12.8. The molecule has 0 aromatic carbocycles. The summed E-state index contributed by atoms with van der Waals surface area (Å²) in [5.74, 6) is 1.34. The molecule has 0 aromatic heterocycles. The van der Waals surface area contributed by atoms with Crippen molar-refractivity contribution in [1.29, 1.82) is 0 Å². The maximum absolute atomic E-state index is 12.8. The van der Waals surface area contributed by atoms with Gasteiger partial charge in [-0.25, -0.2) is 0 Å². The first-order chi connectivity index (χ1) is 8.82. The van der Waals surface area contributed by atoms with E-state index in [2.05, 4.69) is 27.7 Å². The van der Waals surface area contributed by atoms with Gasteiger partial charge in [-0.05, 0) is 37.0 Å². The quantitative estimate of drug-likeness (QED) is 0.799. The lowest BCUT2D eigenvalue weighted by Gasteiger charge is -2.38. The van der Waals surface area contributed by atoms with Crippen LogP contribution in [0, 0.1) is 17.8 Å².